The van der Waals surface area contributed by atoms with Crippen molar-refractivity contribution in [2.75, 3.05) is 38.6 Å². The Hall–Kier alpha value is -1.79. The molecule has 1 atom stereocenters. The number of benzene rings is 1. The molecule has 1 aromatic rings. The maximum absolute atomic E-state index is 12.5. The molecule has 1 aliphatic rings. The molecule has 1 aliphatic heterocycles. The molecule has 2 amide bonds. The molecule has 1 saturated heterocycles. The van der Waals surface area contributed by atoms with Crippen LogP contribution in [0.15, 0.2) is 24.3 Å². The van der Waals surface area contributed by atoms with Crippen LogP contribution in [0.25, 0.3) is 0 Å². The van der Waals surface area contributed by atoms with E-state index in [1.807, 2.05) is 19.1 Å². The Labute approximate surface area is 162 Å². The van der Waals surface area contributed by atoms with Gasteiger partial charge in [0.2, 0.25) is 11.8 Å². The van der Waals surface area contributed by atoms with E-state index in [9.17, 15) is 9.59 Å². The van der Waals surface area contributed by atoms with E-state index in [1.54, 1.807) is 24.1 Å². The second-order valence-corrected chi connectivity index (χ2v) is 6.46. The minimum atomic E-state index is -0.200. The molecule has 1 fully saturated rings. The highest BCUT2D eigenvalue weighted by Gasteiger charge is 2.20. The molecule has 1 aromatic carbocycles. The molecule has 0 radical (unpaired) electrons. The zero-order valence-electron chi connectivity index (χ0n) is 15.6. The molecule has 6 nitrogen and oxygen atoms in total. The number of carbonyl (C=O) groups is 2. The van der Waals surface area contributed by atoms with Crippen molar-refractivity contribution >= 4 is 29.9 Å². The smallest absolute Gasteiger partial charge is 0.244 e. The first-order chi connectivity index (χ1) is 12.1. The number of anilines is 1. The maximum atomic E-state index is 12.5. The van der Waals surface area contributed by atoms with Crippen molar-refractivity contribution in [1.82, 2.24) is 10.2 Å². The molecule has 2 rings (SSSR count). The van der Waals surface area contributed by atoms with E-state index in [0.29, 0.717) is 30.3 Å². The Morgan fingerprint density at radius 1 is 1.35 bits per heavy atom. The summed E-state index contributed by atoms with van der Waals surface area (Å²) in [6.07, 6.45) is 3.36. The Morgan fingerprint density at radius 2 is 2.12 bits per heavy atom. The lowest BCUT2D eigenvalue weighted by atomic mass is 10.0. The summed E-state index contributed by atoms with van der Waals surface area (Å²) in [6.45, 7) is 4.72. The van der Waals surface area contributed by atoms with E-state index in [4.69, 9.17) is 4.74 Å². The number of halogens is 1. The number of hydrogen-bond donors (Lipinski definition) is 2. The first-order valence-electron chi connectivity index (χ1n) is 9.05. The zero-order chi connectivity index (χ0) is 18.1. The molecule has 1 heterocycles. The third-order valence-corrected chi connectivity index (χ3v) is 4.49. The van der Waals surface area contributed by atoms with Crippen LogP contribution in [-0.2, 0) is 9.59 Å². The SMILES string of the molecule is CCCN(CC(=O)Nc1ccccc1OC)C(=O)CCC1CCNC1.Cl. The highest BCUT2D eigenvalue weighted by molar-refractivity contribution is 5.95. The van der Waals surface area contributed by atoms with Gasteiger partial charge in [-0.25, -0.2) is 0 Å². The van der Waals surface area contributed by atoms with E-state index in [1.165, 1.54) is 0 Å². The van der Waals surface area contributed by atoms with Gasteiger partial charge in [0.15, 0.2) is 0 Å². The number of hydrogen-bond acceptors (Lipinski definition) is 4. The van der Waals surface area contributed by atoms with Gasteiger partial charge in [-0.2, -0.15) is 0 Å². The van der Waals surface area contributed by atoms with Crippen LogP contribution in [0.1, 0.15) is 32.6 Å². The molecule has 0 aliphatic carbocycles. The van der Waals surface area contributed by atoms with E-state index < -0.39 is 0 Å². The van der Waals surface area contributed by atoms with Crippen molar-refractivity contribution in [3.8, 4) is 5.75 Å². The largest absolute Gasteiger partial charge is 0.495 e. The fourth-order valence-electron chi connectivity index (χ4n) is 3.12. The second kappa shape index (κ2) is 11.8. The third kappa shape index (κ3) is 6.84. The normalized spacial score (nSPS) is 15.8. The zero-order valence-corrected chi connectivity index (χ0v) is 16.4. The first kappa shape index (κ1) is 22.3. The van der Waals surface area contributed by atoms with Crippen LogP contribution in [0.4, 0.5) is 5.69 Å². The Kier molecular flexibility index (Phi) is 10.1. The van der Waals surface area contributed by atoms with Crippen LogP contribution in [-0.4, -0.2) is 50.0 Å². The van der Waals surface area contributed by atoms with E-state index in [-0.39, 0.29) is 30.8 Å². The molecular formula is C19H30ClN3O3. The number of amides is 2. The lowest BCUT2D eigenvalue weighted by Gasteiger charge is -2.22. The van der Waals surface area contributed by atoms with Gasteiger partial charge < -0.3 is 20.3 Å². The van der Waals surface area contributed by atoms with Crippen molar-refractivity contribution in [1.29, 1.82) is 0 Å². The molecule has 0 saturated carbocycles. The average Bonchev–Trinajstić information content (AvgIpc) is 3.13. The third-order valence-electron chi connectivity index (χ3n) is 4.49. The quantitative estimate of drug-likeness (QED) is 0.687. The summed E-state index contributed by atoms with van der Waals surface area (Å²) >= 11 is 0. The minimum absolute atomic E-state index is 0. The number of nitrogens with one attached hydrogen (secondary N) is 2. The molecule has 26 heavy (non-hydrogen) atoms. The number of carbonyl (C=O) groups excluding carboxylic acids is 2. The van der Waals surface area contributed by atoms with Gasteiger partial charge >= 0.3 is 0 Å². The number of nitrogens with zero attached hydrogens (tertiary/aromatic N) is 1. The molecular weight excluding hydrogens is 354 g/mol. The van der Waals surface area contributed by atoms with Crippen LogP contribution < -0.4 is 15.4 Å². The van der Waals surface area contributed by atoms with Gasteiger partial charge in [-0.05, 0) is 50.4 Å². The minimum Gasteiger partial charge on any atom is -0.495 e. The van der Waals surface area contributed by atoms with Gasteiger partial charge in [0, 0.05) is 13.0 Å². The van der Waals surface area contributed by atoms with Gasteiger partial charge in [-0.1, -0.05) is 19.1 Å². The summed E-state index contributed by atoms with van der Waals surface area (Å²) in [6, 6.07) is 7.26. The summed E-state index contributed by atoms with van der Waals surface area (Å²) in [5, 5.41) is 6.15. The van der Waals surface area contributed by atoms with Gasteiger partial charge in [0.25, 0.3) is 0 Å². The van der Waals surface area contributed by atoms with Crippen LogP contribution >= 0.6 is 12.4 Å². The maximum Gasteiger partial charge on any atom is 0.244 e. The highest BCUT2D eigenvalue weighted by atomic mass is 35.5. The predicted molar refractivity (Wildman–Crippen MR) is 106 cm³/mol. The lowest BCUT2D eigenvalue weighted by molar-refractivity contribution is -0.135. The molecule has 0 aromatic heterocycles. The van der Waals surface area contributed by atoms with Gasteiger partial charge in [0.05, 0.1) is 19.3 Å². The summed E-state index contributed by atoms with van der Waals surface area (Å²) in [5.74, 6) is 1.05. The summed E-state index contributed by atoms with van der Waals surface area (Å²) in [7, 11) is 1.57. The van der Waals surface area contributed by atoms with Crippen LogP contribution in [0, 0.1) is 5.92 Å². The fourth-order valence-corrected chi connectivity index (χ4v) is 3.12. The Morgan fingerprint density at radius 3 is 2.77 bits per heavy atom. The fraction of sp³-hybridized carbons (Fsp3) is 0.579. The van der Waals surface area contributed by atoms with E-state index >= 15 is 0 Å². The van der Waals surface area contributed by atoms with E-state index in [0.717, 1.165) is 32.4 Å². The monoisotopic (exact) mass is 383 g/mol. The molecule has 1 unspecified atom stereocenters. The van der Waals surface area contributed by atoms with Gasteiger partial charge in [-0.3, -0.25) is 9.59 Å². The molecule has 0 spiro atoms. The second-order valence-electron chi connectivity index (χ2n) is 6.46. The van der Waals surface area contributed by atoms with Crippen LogP contribution in [0.2, 0.25) is 0 Å². The Balaban J connectivity index is 0.00000338. The average molecular weight is 384 g/mol. The summed E-state index contributed by atoms with van der Waals surface area (Å²) < 4.78 is 5.24. The van der Waals surface area contributed by atoms with Crippen LogP contribution in [0.3, 0.4) is 0 Å². The number of rotatable bonds is 9. The summed E-state index contributed by atoms with van der Waals surface area (Å²) in [4.78, 5) is 26.5. The summed E-state index contributed by atoms with van der Waals surface area (Å²) in [5.41, 5.74) is 0.621. The van der Waals surface area contributed by atoms with Gasteiger partial charge in [-0.15, -0.1) is 12.4 Å². The predicted octanol–water partition coefficient (Wildman–Crippen LogP) is 2.68. The molecule has 146 valence electrons. The van der Waals surface area contributed by atoms with Crippen molar-refractivity contribution in [3.63, 3.8) is 0 Å². The first-order valence-corrected chi connectivity index (χ1v) is 9.05. The number of ether oxygens (including phenoxy) is 1. The number of para-hydroxylation sites is 2. The van der Waals surface area contributed by atoms with Crippen molar-refractivity contribution in [2.45, 2.75) is 32.6 Å². The van der Waals surface area contributed by atoms with Crippen molar-refractivity contribution < 1.29 is 14.3 Å². The molecule has 2 N–H and O–H groups in total. The molecule has 0 bridgehead atoms. The van der Waals surface area contributed by atoms with Crippen LogP contribution in [0.5, 0.6) is 5.75 Å². The van der Waals surface area contributed by atoms with Gasteiger partial charge in [0.1, 0.15) is 5.75 Å². The van der Waals surface area contributed by atoms with E-state index in [2.05, 4.69) is 10.6 Å². The number of methoxy groups -OCH3 is 1. The standard InChI is InChI=1S/C19H29N3O3.ClH/c1-3-12-22(19(24)9-8-15-10-11-20-13-15)14-18(23)21-16-6-4-5-7-17(16)25-2;/h4-7,15,20H,3,8-14H2,1-2H3,(H,21,23);1H. The van der Waals surface area contributed by atoms with Crippen molar-refractivity contribution in [3.05, 3.63) is 24.3 Å². The molecule has 7 heteroatoms. The van der Waals surface area contributed by atoms with Crippen molar-refractivity contribution in [2.24, 2.45) is 5.92 Å². The highest BCUT2D eigenvalue weighted by Crippen LogP contribution is 2.23. The Bertz CT molecular complexity index is 577. The topological polar surface area (TPSA) is 70.7 Å². The lowest BCUT2D eigenvalue weighted by Crippen LogP contribution is -2.38.